The highest BCUT2D eigenvalue weighted by atomic mass is 127. The first-order valence-corrected chi connectivity index (χ1v) is 6.91. The number of amides is 1. The summed E-state index contributed by atoms with van der Waals surface area (Å²) in [6.07, 6.45) is 0. The molecular formula is C11H9IN2O3S. The van der Waals surface area contributed by atoms with Crippen LogP contribution in [0.15, 0.2) is 17.5 Å². The molecule has 2 heterocycles. The third-order valence-corrected chi connectivity index (χ3v) is 4.03. The Morgan fingerprint density at radius 2 is 2.17 bits per heavy atom. The summed E-state index contributed by atoms with van der Waals surface area (Å²) in [5, 5.41) is 13.3. The van der Waals surface area contributed by atoms with Crippen LogP contribution in [-0.4, -0.2) is 22.0 Å². The number of halogens is 1. The van der Waals surface area contributed by atoms with E-state index in [0.717, 1.165) is 2.88 Å². The average Bonchev–Trinajstić information content (AvgIpc) is 2.85. The van der Waals surface area contributed by atoms with Crippen LogP contribution in [0.3, 0.4) is 0 Å². The number of aromatic carboxylic acids is 1. The summed E-state index contributed by atoms with van der Waals surface area (Å²) in [6, 6.07) is 3.35. The van der Waals surface area contributed by atoms with Gasteiger partial charge < -0.3 is 15.4 Å². The van der Waals surface area contributed by atoms with Crippen molar-refractivity contribution in [3.05, 3.63) is 37.3 Å². The summed E-state index contributed by atoms with van der Waals surface area (Å²) < 4.78 is 1.00. The van der Waals surface area contributed by atoms with Gasteiger partial charge in [0.15, 0.2) is 0 Å². The van der Waals surface area contributed by atoms with Crippen molar-refractivity contribution in [2.45, 2.75) is 6.92 Å². The minimum atomic E-state index is -1.10. The van der Waals surface area contributed by atoms with Gasteiger partial charge in [-0.1, -0.05) is 0 Å². The van der Waals surface area contributed by atoms with E-state index in [-0.39, 0.29) is 17.3 Å². The summed E-state index contributed by atoms with van der Waals surface area (Å²) >= 11 is 3.59. The number of rotatable bonds is 3. The van der Waals surface area contributed by atoms with E-state index in [2.05, 4.69) is 32.9 Å². The first-order valence-electron chi connectivity index (χ1n) is 4.95. The highest BCUT2D eigenvalue weighted by Crippen LogP contribution is 2.20. The Morgan fingerprint density at radius 1 is 1.44 bits per heavy atom. The lowest BCUT2D eigenvalue weighted by Crippen LogP contribution is -2.13. The Labute approximate surface area is 120 Å². The SMILES string of the molecule is Cc1cc(NC(=O)c2csc(I)c2)c(C(=O)O)[nH]1. The van der Waals surface area contributed by atoms with Crippen molar-refractivity contribution in [3.8, 4) is 0 Å². The highest BCUT2D eigenvalue weighted by molar-refractivity contribution is 14.1. The topological polar surface area (TPSA) is 82.2 Å². The number of aromatic amines is 1. The first-order chi connectivity index (χ1) is 8.47. The molecule has 2 aromatic rings. The van der Waals surface area contributed by atoms with E-state index in [1.807, 2.05) is 0 Å². The molecule has 0 spiro atoms. The lowest BCUT2D eigenvalue weighted by atomic mass is 10.3. The van der Waals surface area contributed by atoms with Crippen LogP contribution in [-0.2, 0) is 0 Å². The van der Waals surface area contributed by atoms with Gasteiger partial charge in [0.05, 0.1) is 14.1 Å². The van der Waals surface area contributed by atoms with E-state index < -0.39 is 5.97 Å². The van der Waals surface area contributed by atoms with E-state index in [1.165, 1.54) is 11.3 Å². The second kappa shape index (κ2) is 5.11. The minimum absolute atomic E-state index is 0.00854. The number of thiophene rings is 1. The van der Waals surface area contributed by atoms with Gasteiger partial charge in [-0.15, -0.1) is 11.3 Å². The Balaban J connectivity index is 2.24. The fourth-order valence-electron chi connectivity index (χ4n) is 1.48. The molecule has 5 nitrogen and oxygen atoms in total. The summed E-state index contributed by atoms with van der Waals surface area (Å²) in [7, 11) is 0. The third kappa shape index (κ3) is 2.72. The number of carbonyl (C=O) groups is 2. The van der Waals surface area contributed by atoms with Crippen LogP contribution in [0.5, 0.6) is 0 Å². The molecule has 0 atom stereocenters. The summed E-state index contributed by atoms with van der Waals surface area (Å²) in [4.78, 5) is 25.6. The molecule has 94 valence electrons. The number of carbonyl (C=O) groups excluding carboxylic acids is 1. The zero-order valence-electron chi connectivity index (χ0n) is 9.28. The lowest BCUT2D eigenvalue weighted by Gasteiger charge is -2.02. The zero-order valence-corrected chi connectivity index (χ0v) is 12.3. The van der Waals surface area contributed by atoms with Gasteiger partial charge in [0.1, 0.15) is 5.69 Å². The number of H-pyrrole nitrogens is 1. The molecule has 1 amide bonds. The van der Waals surface area contributed by atoms with Gasteiger partial charge >= 0.3 is 5.97 Å². The van der Waals surface area contributed by atoms with Crippen molar-refractivity contribution in [1.82, 2.24) is 4.98 Å². The molecule has 7 heteroatoms. The zero-order chi connectivity index (χ0) is 13.3. The van der Waals surface area contributed by atoms with Gasteiger partial charge in [0.25, 0.3) is 5.91 Å². The number of anilines is 1. The maximum absolute atomic E-state index is 11.9. The third-order valence-electron chi connectivity index (χ3n) is 2.24. The van der Waals surface area contributed by atoms with Gasteiger partial charge in [0.2, 0.25) is 0 Å². The fourth-order valence-corrected chi connectivity index (χ4v) is 2.81. The Kier molecular flexibility index (Phi) is 3.71. The number of hydrogen-bond acceptors (Lipinski definition) is 3. The minimum Gasteiger partial charge on any atom is -0.477 e. The number of nitrogens with one attached hydrogen (secondary N) is 2. The van der Waals surface area contributed by atoms with Crippen molar-refractivity contribution in [1.29, 1.82) is 0 Å². The smallest absolute Gasteiger partial charge is 0.354 e. The lowest BCUT2D eigenvalue weighted by molar-refractivity contribution is 0.0692. The largest absolute Gasteiger partial charge is 0.477 e. The van der Waals surface area contributed by atoms with Crippen molar-refractivity contribution in [3.63, 3.8) is 0 Å². The van der Waals surface area contributed by atoms with Crippen LogP contribution in [0.1, 0.15) is 26.5 Å². The Hall–Kier alpha value is -1.35. The summed E-state index contributed by atoms with van der Waals surface area (Å²) in [6.45, 7) is 1.73. The van der Waals surface area contributed by atoms with Gasteiger partial charge in [0, 0.05) is 11.1 Å². The van der Waals surface area contributed by atoms with Crippen molar-refractivity contribution < 1.29 is 14.7 Å². The van der Waals surface area contributed by atoms with E-state index in [1.54, 1.807) is 24.4 Å². The molecular weight excluding hydrogens is 367 g/mol. The van der Waals surface area contributed by atoms with Crippen LogP contribution in [0.25, 0.3) is 0 Å². The quantitative estimate of drug-likeness (QED) is 0.721. The molecule has 0 fully saturated rings. The molecule has 0 unspecified atom stereocenters. The molecule has 2 aromatic heterocycles. The van der Waals surface area contributed by atoms with Crippen LogP contribution in [0.2, 0.25) is 0 Å². The van der Waals surface area contributed by atoms with Crippen molar-refractivity contribution in [2.24, 2.45) is 0 Å². The average molecular weight is 376 g/mol. The van der Waals surface area contributed by atoms with Crippen LogP contribution in [0.4, 0.5) is 5.69 Å². The second-order valence-corrected chi connectivity index (χ2v) is 6.45. The predicted octanol–water partition coefficient (Wildman–Crippen LogP) is 2.94. The fraction of sp³-hybridized carbons (Fsp3) is 0.0909. The predicted molar refractivity (Wildman–Crippen MR) is 77.5 cm³/mol. The molecule has 0 saturated heterocycles. The van der Waals surface area contributed by atoms with E-state index in [4.69, 9.17) is 5.11 Å². The molecule has 18 heavy (non-hydrogen) atoms. The number of hydrogen-bond donors (Lipinski definition) is 3. The summed E-state index contributed by atoms with van der Waals surface area (Å²) in [5.41, 5.74) is 1.49. The molecule has 0 bridgehead atoms. The normalized spacial score (nSPS) is 10.3. The molecule has 0 saturated carbocycles. The molecule has 0 radical (unpaired) electrons. The van der Waals surface area contributed by atoms with Crippen molar-refractivity contribution >= 4 is 51.5 Å². The highest BCUT2D eigenvalue weighted by Gasteiger charge is 2.16. The number of carboxylic acid groups (broad SMARTS) is 1. The van der Waals surface area contributed by atoms with Crippen LogP contribution >= 0.6 is 33.9 Å². The standard InChI is InChI=1S/C11H9IN2O3S/c1-5-2-7(9(13-5)11(16)17)14-10(15)6-3-8(12)18-4-6/h2-4,13H,1H3,(H,14,15)(H,16,17). The first kappa shape index (κ1) is 13.1. The monoisotopic (exact) mass is 376 g/mol. The number of aryl methyl sites for hydroxylation is 1. The summed E-state index contributed by atoms with van der Waals surface area (Å²) in [5.74, 6) is -1.41. The molecule has 0 aliphatic rings. The maximum atomic E-state index is 11.9. The van der Waals surface area contributed by atoms with E-state index >= 15 is 0 Å². The maximum Gasteiger partial charge on any atom is 0.354 e. The molecule has 3 N–H and O–H groups in total. The molecule has 0 aliphatic heterocycles. The van der Waals surface area contributed by atoms with Crippen molar-refractivity contribution in [2.75, 3.05) is 5.32 Å². The number of carboxylic acids is 1. The Bertz CT molecular complexity index is 618. The molecule has 0 aromatic carbocycles. The van der Waals surface area contributed by atoms with Gasteiger partial charge in [-0.05, 0) is 41.6 Å². The van der Waals surface area contributed by atoms with Crippen LogP contribution in [0, 0.1) is 9.81 Å². The Morgan fingerprint density at radius 3 is 2.72 bits per heavy atom. The van der Waals surface area contributed by atoms with Gasteiger partial charge in [-0.3, -0.25) is 4.79 Å². The van der Waals surface area contributed by atoms with E-state index in [0.29, 0.717) is 11.3 Å². The van der Waals surface area contributed by atoms with E-state index in [9.17, 15) is 9.59 Å². The second-order valence-electron chi connectivity index (χ2n) is 3.64. The molecule has 0 aliphatic carbocycles. The van der Waals surface area contributed by atoms with Gasteiger partial charge in [-0.25, -0.2) is 4.79 Å². The molecule has 2 rings (SSSR count). The number of aromatic nitrogens is 1. The van der Waals surface area contributed by atoms with Gasteiger partial charge in [-0.2, -0.15) is 0 Å². The van der Waals surface area contributed by atoms with Crippen LogP contribution < -0.4 is 5.32 Å².